The molecule has 0 saturated heterocycles. The quantitative estimate of drug-likeness (QED) is 0.401. The van der Waals surface area contributed by atoms with Crippen molar-refractivity contribution in [2.75, 3.05) is 6.61 Å². The van der Waals surface area contributed by atoms with Gasteiger partial charge in [-0.1, -0.05) is 46.3 Å². The summed E-state index contributed by atoms with van der Waals surface area (Å²) in [5.41, 5.74) is 0. The Morgan fingerprint density at radius 1 is 1.32 bits per heavy atom. The monoisotopic (exact) mass is 322 g/mol. The van der Waals surface area contributed by atoms with Crippen molar-refractivity contribution >= 4 is 32.7 Å². The van der Waals surface area contributed by atoms with Crippen LogP contribution in [0.25, 0.3) is 10.8 Å². The van der Waals surface area contributed by atoms with E-state index in [0.717, 1.165) is 11.5 Å². The summed E-state index contributed by atoms with van der Waals surface area (Å²) in [5, 5.41) is 2.48. The molecule has 1 aliphatic heterocycles. The van der Waals surface area contributed by atoms with E-state index in [4.69, 9.17) is 4.74 Å². The third-order valence-corrected chi connectivity index (χ3v) is 2.79. The minimum absolute atomic E-state index is 0.226. The fourth-order valence-corrected chi connectivity index (χ4v) is 1.76. The average Bonchev–Trinajstić information content (AvgIpc) is 3.17. The van der Waals surface area contributed by atoms with Crippen LogP contribution in [0, 0.1) is 0 Å². The predicted octanol–water partition coefficient (Wildman–Crippen LogP) is 4.28. The van der Waals surface area contributed by atoms with Crippen LogP contribution < -0.4 is 4.74 Å². The van der Waals surface area contributed by atoms with Crippen LogP contribution in [0.5, 0.6) is 11.5 Å². The van der Waals surface area contributed by atoms with E-state index in [9.17, 15) is 4.79 Å². The Hall–Kier alpha value is -1.55. The Labute approximate surface area is 120 Å². The lowest BCUT2D eigenvalue weighted by Crippen LogP contribution is -2.07. The summed E-state index contributed by atoms with van der Waals surface area (Å²) in [6.45, 7) is 3.77. The van der Waals surface area contributed by atoms with Gasteiger partial charge >= 0.3 is 5.97 Å². The van der Waals surface area contributed by atoms with Crippen LogP contribution >= 0.6 is 15.9 Å². The zero-order chi connectivity index (χ0) is 13.8. The van der Waals surface area contributed by atoms with Gasteiger partial charge in [-0.15, -0.1) is 0 Å². The topological polar surface area (TPSA) is 38.8 Å². The molecule has 4 heteroatoms. The van der Waals surface area contributed by atoms with E-state index in [-0.39, 0.29) is 10.8 Å². The second kappa shape index (κ2) is 6.06. The van der Waals surface area contributed by atoms with Crippen molar-refractivity contribution < 1.29 is 14.3 Å². The summed E-state index contributed by atoms with van der Waals surface area (Å²) in [6.07, 6.45) is 0. The van der Waals surface area contributed by atoms with E-state index in [0.29, 0.717) is 6.61 Å². The van der Waals surface area contributed by atoms with Crippen LogP contribution in [0.3, 0.4) is 0 Å². The van der Waals surface area contributed by atoms with Crippen LogP contribution in [-0.2, 0) is 9.53 Å². The molecule has 0 aromatic heterocycles. The molecule has 2 aromatic carbocycles. The molecule has 100 valence electrons. The molecule has 3 nitrogen and oxygen atoms in total. The molecule has 0 amide bonds. The highest BCUT2D eigenvalue weighted by Gasteiger charge is 2.21. The molecule has 1 atom stereocenters. The molecule has 0 bridgehead atoms. The van der Waals surface area contributed by atoms with Crippen molar-refractivity contribution in [2.24, 2.45) is 0 Å². The average molecular weight is 323 g/mol. The normalized spacial score (nSPS) is 12.6. The largest absolute Gasteiger partial charge is 0.465 e. The molecule has 1 heterocycles. The smallest absolute Gasteiger partial charge is 0.302 e. The summed E-state index contributed by atoms with van der Waals surface area (Å²) >= 11 is 3.23. The molecule has 3 rings (SSSR count). The maximum absolute atomic E-state index is 10.1. The molecule has 2 aromatic rings. The fraction of sp³-hybridized carbons (Fsp3) is 0.267. The van der Waals surface area contributed by atoms with Crippen LogP contribution in [0.15, 0.2) is 36.4 Å². The van der Waals surface area contributed by atoms with Crippen molar-refractivity contribution in [3.63, 3.8) is 0 Å². The third kappa shape index (κ3) is 3.96. The third-order valence-electron chi connectivity index (χ3n) is 2.53. The number of fused-ring (bicyclic) bond motifs is 3. The van der Waals surface area contributed by atoms with E-state index in [1.165, 1.54) is 17.7 Å². The molecule has 0 aliphatic carbocycles. The highest BCUT2D eigenvalue weighted by molar-refractivity contribution is 9.09. The van der Waals surface area contributed by atoms with Crippen molar-refractivity contribution in [1.82, 2.24) is 0 Å². The number of esters is 1. The van der Waals surface area contributed by atoms with Gasteiger partial charge in [-0.05, 0) is 18.4 Å². The number of ether oxygens (including phenoxy) is 2. The van der Waals surface area contributed by atoms with E-state index < -0.39 is 0 Å². The van der Waals surface area contributed by atoms with Crippen LogP contribution in [0.4, 0.5) is 0 Å². The highest BCUT2D eigenvalue weighted by atomic mass is 79.9. The Morgan fingerprint density at radius 2 is 2.05 bits per heavy atom. The molecule has 0 radical (unpaired) electrons. The lowest BCUT2D eigenvalue weighted by Gasteiger charge is -2.00. The van der Waals surface area contributed by atoms with Gasteiger partial charge in [0, 0.05) is 17.1 Å². The number of halogens is 1. The number of carbonyl (C=O) groups excluding carboxylic acids is 1. The van der Waals surface area contributed by atoms with E-state index in [1.54, 1.807) is 0 Å². The molecule has 1 aliphatic rings. The highest BCUT2D eigenvalue weighted by Crippen LogP contribution is 2.50. The summed E-state index contributed by atoms with van der Waals surface area (Å²) in [4.78, 5) is 10.4. The maximum atomic E-state index is 10.1. The van der Waals surface area contributed by atoms with Gasteiger partial charge in [0.15, 0.2) is 11.5 Å². The number of hydrogen-bond acceptors (Lipinski definition) is 3. The fourth-order valence-electron chi connectivity index (χ4n) is 1.63. The second-order valence-electron chi connectivity index (χ2n) is 4.30. The van der Waals surface area contributed by atoms with Crippen LogP contribution in [-0.4, -0.2) is 17.4 Å². The van der Waals surface area contributed by atoms with E-state index >= 15 is 0 Å². The van der Waals surface area contributed by atoms with Crippen molar-refractivity contribution in [3.05, 3.63) is 36.4 Å². The molecule has 1 unspecified atom stereocenters. The number of hydrogen-bond donors (Lipinski definition) is 0. The number of benzene rings is 2. The first-order valence-electron chi connectivity index (χ1n) is 6.05. The summed E-state index contributed by atoms with van der Waals surface area (Å²) in [5.74, 6) is 1.86. The zero-order valence-corrected chi connectivity index (χ0v) is 12.4. The zero-order valence-electron chi connectivity index (χ0n) is 10.9. The van der Waals surface area contributed by atoms with Gasteiger partial charge in [-0.3, -0.25) is 4.79 Å². The first-order chi connectivity index (χ1) is 9.08. The van der Waals surface area contributed by atoms with Crippen molar-refractivity contribution in [3.8, 4) is 11.5 Å². The van der Waals surface area contributed by atoms with Gasteiger partial charge in [0.2, 0.25) is 0 Å². The molecular weight excluding hydrogens is 308 g/mol. The van der Waals surface area contributed by atoms with Gasteiger partial charge in [-0.25, -0.2) is 0 Å². The lowest BCUT2D eigenvalue weighted by atomic mass is 10.1. The number of alkyl halides is 1. The Balaban J connectivity index is 0.000000151. The van der Waals surface area contributed by atoms with E-state index in [1.807, 2.05) is 25.1 Å². The number of rotatable bonds is 2. The molecule has 0 N–H and O–H groups in total. The predicted molar refractivity (Wildman–Crippen MR) is 79.0 cm³/mol. The van der Waals surface area contributed by atoms with Gasteiger partial charge in [-0.2, -0.15) is 0 Å². The Kier molecular flexibility index (Phi) is 4.43. The summed E-state index contributed by atoms with van der Waals surface area (Å²) in [7, 11) is 0. The first-order valence-corrected chi connectivity index (χ1v) is 6.96. The number of carbonyl (C=O) groups is 1. The van der Waals surface area contributed by atoms with E-state index in [2.05, 4.69) is 38.9 Å². The molecule has 0 saturated carbocycles. The van der Waals surface area contributed by atoms with Gasteiger partial charge in [0.1, 0.15) is 6.61 Å². The molecule has 19 heavy (non-hydrogen) atoms. The van der Waals surface area contributed by atoms with Crippen molar-refractivity contribution in [1.29, 1.82) is 0 Å². The standard InChI is InChI=1S/C10H6O.C5H9BrO2/c1-2-4-8-7(3-1)5-6-9-10(8)11-9;1-4(6)3-8-5(2)7/h1-6H;4H,3H2,1-2H3. The Bertz CT molecular complexity index is 593. The first kappa shape index (κ1) is 13.9. The summed E-state index contributed by atoms with van der Waals surface area (Å²) < 4.78 is 9.87. The van der Waals surface area contributed by atoms with Gasteiger partial charge < -0.3 is 9.47 Å². The molecule has 0 fully saturated rings. The second-order valence-corrected chi connectivity index (χ2v) is 5.86. The van der Waals surface area contributed by atoms with Gasteiger partial charge in [0.05, 0.1) is 0 Å². The lowest BCUT2D eigenvalue weighted by molar-refractivity contribution is -0.140. The minimum Gasteiger partial charge on any atom is -0.465 e. The van der Waals surface area contributed by atoms with Crippen LogP contribution in [0.2, 0.25) is 0 Å². The SMILES string of the molecule is CC(=O)OCC(C)Br.c1ccc2c3c(ccc2c1)O3. The van der Waals surface area contributed by atoms with Crippen LogP contribution in [0.1, 0.15) is 13.8 Å². The van der Waals surface area contributed by atoms with Crippen molar-refractivity contribution in [2.45, 2.75) is 18.7 Å². The summed E-state index contributed by atoms with van der Waals surface area (Å²) in [6, 6.07) is 12.3. The molecule has 0 spiro atoms. The molecular formula is C15H15BrO3. The minimum atomic E-state index is -0.226. The Morgan fingerprint density at radius 3 is 2.68 bits per heavy atom. The maximum Gasteiger partial charge on any atom is 0.302 e. The van der Waals surface area contributed by atoms with Gasteiger partial charge in [0.25, 0.3) is 0 Å².